The lowest BCUT2D eigenvalue weighted by Crippen LogP contribution is -2.46. The van der Waals surface area contributed by atoms with Gasteiger partial charge in [-0.15, -0.1) is 0 Å². The number of hydrogen-bond donors (Lipinski definition) is 0. The van der Waals surface area contributed by atoms with Crippen LogP contribution in [0.3, 0.4) is 0 Å². The van der Waals surface area contributed by atoms with E-state index in [1.807, 2.05) is 32.8 Å². The van der Waals surface area contributed by atoms with Crippen LogP contribution in [0.25, 0.3) is 0 Å². The minimum atomic E-state index is -0.576. The number of carbonyl (C=O) groups excluding carboxylic acids is 1. The van der Waals surface area contributed by atoms with Gasteiger partial charge >= 0.3 is 0 Å². The smallest absolute Gasteiger partial charge is 0.201 e. The van der Waals surface area contributed by atoms with Crippen molar-refractivity contribution in [2.45, 2.75) is 25.9 Å². The number of aromatic nitrogens is 2. The van der Waals surface area contributed by atoms with E-state index in [0.717, 1.165) is 4.47 Å². The number of ether oxygens (including phenoxy) is 1. The van der Waals surface area contributed by atoms with Gasteiger partial charge in [0.15, 0.2) is 0 Å². The highest BCUT2D eigenvalue weighted by Crippen LogP contribution is 2.24. The fraction of sp³-hybridized carbons (Fsp3) is 0.667. The molecule has 0 saturated heterocycles. The summed E-state index contributed by atoms with van der Waals surface area (Å²) in [6.45, 7) is 4.88. The predicted molar refractivity (Wildman–Crippen MR) is 73.9 cm³/mol. The summed E-state index contributed by atoms with van der Waals surface area (Å²) in [5.41, 5.74) is 0.0126. The maximum absolute atomic E-state index is 12.6. The highest BCUT2D eigenvalue weighted by molar-refractivity contribution is 9.10. The van der Waals surface area contributed by atoms with Crippen LogP contribution in [0.1, 0.15) is 24.3 Å². The molecular formula is C12H20BrN3O2. The maximum Gasteiger partial charge on any atom is 0.201 e. The quantitative estimate of drug-likeness (QED) is 0.751. The van der Waals surface area contributed by atoms with Gasteiger partial charge < -0.3 is 4.74 Å². The van der Waals surface area contributed by atoms with E-state index in [2.05, 4.69) is 21.0 Å². The van der Waals surface area contributed by atoms with Crippen molar-refractivity contribution in [3.8, 4) is 0 Å². The molecule has 0 amide bonds. The standard InChI is InChI=1S/C12H20BrN3O2/c1-12(2,15(3)4)11(17)10-9(13)8-14-16(10)6-7-18-5/h8H,6-7H2,1-5H3. The van der Waals surface area contributed by atoms with E-state index >= 15 is 0 Å². The van der Waals surface area contributed by atoms with Crippen molar-refractivity contribution in [1.82, 2.24) is 14.7 Å². The molecule has 0 aliphatic carbocycles. The summed E-state index contributed by atoms with van der Waals surface area (Å²) < 4.78 is 7.43. The van der Waals surface area contributed by atoms with Crippen molar-refractivity contribution in [1.29, 1.82) is 0 Å². The molecule has 0 bridgehead atoms. The summed E-state index contributed by atoms with van der Waals surface area (Å²) in [5.74, 6) is 0.0352. The van der Waals surface area contributed by atoms with Gasteiger partial charge in [-0.3, -0.25) is 14.4 Å². The molecule has 0 fully saturated rings. The van der Waals surface area contributed by atoms with Crippen LogP contribution >= 0.6 is 15.9 Å². The molecule has 6 heteroatoms. The number of ketones is 1. The minimum Gasteiger partial charge on any atom is -0.383 e. The Hall–Kier alpha value is -0.720. The monoisotopic (exact) mass is 317 g/mol. The molecule has 1 aromatic rings. The van der Waals surface area contributed by atoms with E-state index in [0.29, 0.717) is 18.8 Å². The molecule has 1 aromatic heterocycles. The average Bonchev–Trinajstić information content (AvgIpc) is 2.66. The topological polar surface area (TPSA) is 47.4 Å². The third-order valence-electron chi connectivity index (χ3n) is 3.19. The highest BCUT2D eigenvalue weighted by atomic mass is 79.9. The first-order chi connectivity index (χ1) is 8.32. The molecule has 0 aliphatic heterocycles. The third kappa shape index (κ3) is 2.99. The van der Waals surface area contributed by atoms with Gasteiger partial charge in [-0.1, -0.05) is 0 Å². The molecule has 102 valence electrons. The van der Waals surface area contributed by atoms with Crippen LogP contribution in [-0.2, 0) is 11.3 Å². The molecule has 0 spiro atoms. The first-order valence-corrected chi connectivity index (χ1v) is 6.54. The summed E-state index contributed by atoms with van der Waals surface area (Å²) in [6, 6.07) is 0. The molecule has 0 saturated carbocycles. The number of Topliss-reactive ketones (excluding diaryl/α,β-unsaturated/α-hetero) is 1. The number of methoxy groups -OCH3 is 1. The van der Waals surface area contributed by atoms with Crippen LogP contribution in [0.5, 0.6) is 0 Å². The van der Waals surface area contributed by atoms with Crippen LogP contribution in [0.4, 0.5) is 0 Å². The van der Waals surface area contributed by atoms with Crippen LogP contribution < -0.4 is 0 Å². The summed E-state index contributed by atoms with van der Waals surface area (Å²) in [7, 11) is 5.41. The fourth-order valence-electron chi connectivity index (χ4n) is 1.43. The highest BCUT2D eigenvalue weighted by Gasteiger charge is 2.34. The molecule has 18 heavy (non-hydrogen) atoms. The Labute approximate surface area is 116 Å². The molecule has 0 N–H and O–H groups in total. The van der Waals surface area contributed by atoms with E-state index in [9.17, 15) is 4.79 Å². The Balaban J connectivity index is 3.08. The maximum atomic E-state index is 12.6. The molecule has 5 nitrogen and oxygen atoms in total. The molecule has 0 radical (unpaired) electrons. The first-order valence-electron chi connectivity index (χ1n) is 5.74. The SMILES string of the molecule is COCCn1ncc(Br)c1C(=O)C(C)(C)N(C)C. The number of likely N-dealkylation sites (N-methyl/N-ethyl adjacent to an activating group) is 1. The van der Waals surface area contributed by atoms with Gasteiger partial charge in [-0.2, -0.15) is 5.10 Å². The minimum absolute atomic E-state index is 0.0352. The number of halogens is 1. The van der Waals surface area contributed by atoms with Crippen molar-refractivity contribution in [3.05, 3.63) is 16.4 Å². The molecule has 0 unspecified atom stereocenters. The average molecular weight is 318 g/mol. The molecule has 1 heterocycles. The Morgan fingerprint density at radius 3 is 2.67 bits per heavy atom. The predicted octanol–water partition coefficient (Wildman–Crippen LogP) is 1.81. The van der Waals surface area contributed by atoms with Gasteiger partial charge in [0.25, 0.3) is 0 Å². The zero-order valence-electron chi connectivity index (χ0n) is 11.5. The van der Waals surface area contributed by atoms with Gasteiger partial charge in [0.05, 0.1) is 29.4 Å². The fourth-order valence-corrected chi connectivity index (χ4v) is 1.90. The largest absolute Gasteiger partial charge is 0.383 e. The zero-order chi connectivity index (χ0) is 13.9. The molecule has 0 atom stereocenters. The van der Waals surface area contributed by atoms with Crippen molar-refractivity contribution in [3.63, 3.8) is 0 Å². The summed E-state index contributed by atoms with van der Waals surface area (Å²) in [6.07, 6.45) is 1.65. The van der Waals surface area contributed by atoms with E-state index in [4.69, 9.17) is 4.74 Å². The lowest BCUT2D eigenvalue weighted by atomic mass is 9.95. The number of rotatable bonds is 6. The third-order valence-corrected chi connectivity index (χ3v) is 3.77. The van der Waals surface area contributed by atoms with Crippen molar-refractivity contribution in [2.75, 3.05) is 27.8 Å². The summed E-state index contributed by atoms with van der Waals surface area (Å²) in [4.78, 5) is 14.5. The van der Waals surface area contributed by atoms with Crippen molar-refractivity contribution < 1.29 is 9.53 Å². The normalized spacial score (nSPS) is 12.2. The van der Waals surface area contributed by atoms with Crippen molar-refractivity contribution >= 4 is 21.7 Å². The van der Waals surface area contributed by atoms with E-state index in [-0.39, 0.29) is 5.78 Å². The first kappa shape index (κ1) is 15.3. The van der Waals surface area contributed by atoms with Gasteiger partial charge in [0.2, 0.25) is 5.78 Å². The van der Waals surface area contributed by atoms with Crippen molar-refractivity contribution in [2.24, 2.45) is 0 Å². The second-order valence-corrected chi connectivity index (χ2v) is 5.69. The number of carbonyl (C=O) groups is 1. The molecule has 1 rings (SSSR count). The van der Waals surface area contributed by atoms with Gasteiger partial charge in [0, 0.05) is 7.11 Å². The van der Waals surface area contributed by atoms with E-state index < -0.39 is 5.54 Å². The van der Waals surface area contributed by atoms with Crippen LogP contribution in [-0.4, -0.2) is 53.8 Å². The Bertz CT molecular complexity index is 427. The molecule has 0 aliphatic rings. The van der Waals surface area contributed by atoms with Crippen LogP contribution in [0, 0.1) is 0 Å². The lowest BCUT2D eigenvalue weighted by Gasteiger charge is -2.31. The molecule has 0 aromatic carbocycles. The van der Waals surface area contributed by atoms with E-state index in [1.165, 1.54) is 0 Å². The second-order valence-electron chi connectivity index (χ2n) is 4.84. The summed E-state index contributed by atoms with van der Waals surface area (Å²) in [5, 5.41) is 4.20. The van der Waals surface area contributed by atoms with E-state index in [1.54, 1.807) is 18.0 Å². The Morgan fingerprint density at radius 2 is 2.17 bits per heavy atom. The van der Waals surface area contributed by atoms with Gasteiger partial charge in [-0.05, 0) is 43.9 Å². The zero-order valence-corrected chi connectivity index (χ0v) is 13.1. The second kappa shape index (κ2) is 5.95. The van der Waals surface area contributed by atoms with Crippen LogP contribution in [0.2, 0.25) is 0 Å². The summed E-state index contributed by atoms with van der Waals surface area (Å²) >= 11 is 3.39. The number of nitrogens with zero attached hydrogens (tertiary/aromatic N) is 3. The van der Waals surface area contributed by atoms with Gasteiger partial charge in [0.1, 0.15) is 5.69 Å². The Kier molecular flexibility index (Phi) is 5.07. The van der Waals surface area contributed by atoms with Crippen LogP contribution in [0.15, 0.2) is 10.7 Å². The number of hydrogen-bond acceptors (Lipinski definition) is 4. The molecular weight excluding hydrogens is 298 g/mol. The Morgan fingerprint density at radius 1 is 1.56 bits per heavy atom. The lowest BCUT2D eigenvalue weighted by molar-refractivity contribution is 0.0739. The van der Waals surface area contributed by atoms with Gasteiger partial charge in [-0.25, -0.2) is 0 Å².